The number of hydrogen-bond donors (Lipinski definition) is 2. The highest BCUT2D eigenvalue weighted by Crippen LogP contribution is 2.26. The number of carbonyl (C=O) groups excluding carboxylic acids is 1. The minimum absolute atomic E-state index is 0.243. The van der Waals surface area contributed by atoms with Crippen molar-refractivity contribution in [3.05, 3.63) is 35.9 Å². The van der Waals surface area contributed by atoms with E-state index in [2.05, 4.69) is 0 Å². The van der Waals surface area contributed by atoms with E-state index in [-0.39, 0.29) is 12.5 Å². The third-order valence-corrected chi connectivity index (χ3v) is 3.14. The molecule has 0 fully saturated rings. The van der Waals surface area contributed by atoms with Gasteiger partial charge in [0.1, 0.15) is 0 Å². The van der Waals surface area contributed by atoms with Crippen LogP contribution in [0.5, 0.6) is 0 Å². The average Bonchev–Trinajstić information content (AvgIpc) is 2.43. The number of aliphatic hydroxyl groups is 2. The summed E-state index contributed by atoms with van der Waals surface area (Å²) in [5, 5.41) is 19.2. The van der Waals surface area contributed by atoms with E-state index in [1.807, 2.05) is 30.3 Å². The van der Waals surface area contributed by atoms with Gasteiger partial charge in [0.15, 0.2) is 0 Å². The average molecular weight is 267 g/mol. The molecule has 5 heteroatoms. The largest absolute Gasteiger partial charge is 0.453 e. The maximum Gasteiger partial charge on any atom is 0.409 e. The standard InChI is InChI=1S/C14H21NO4/c1-10(16)13(17)9-12(15(2)14(18)19-3)11-7-5-4-6-8-11/h4-8,10,12-13,16-17H,9H2,1-3H3/t10-,12-,13-/m0/s1. The Morgan fingerprint density at radius 3 is 2.37 bits per heavy atom. The van der Waals surface area contributed by atoms with Crippen LogP contribution in [-0.2, 0) is 4.74 Å². The molecule has 0 saturated carbocycles. The second-order valence-electron chi connectivity index (χ2n) is 4.55. The van der Waals surface area contributed by atoms with Gasteiger partial charge in [0.2, 0.25) is 0 Å². The minimum Gasteiger partial charge on any atom is -0.453 e. The van der Waals surface area contributed by atoms with Gasteiger partial charge in [0.25, 0.3) is 0 Å². The van der Waals surface area contributed by atoms with Gasteiger partial charge in [-0.05, 0) is 12.5 Å². The minimum atomic E-state index is -0.905. The lowest BCUT2D eigenvalue weighted by atomic mass is 9.97. The number of hydrogen-bond acceptors (Lipinski definition) is 4. The fourth-order valence-electron chi connectivity index (χ4n) is 1.89. The van der Waals surface area contributed by atoms with Crippen LogP contribution in [0.1, 0.15) is 24.9 Å². The summed E-state index contributed by atoms with van der Waals surface area (Å²) in [4.78, 5) is 13.1. The predicted molar refractivity (Wildman–Crippen MR) is 71.7 cm³/mol. The van der Waals surface area contributed by atoms with Crippen molar-refractivity contribution >= 4 is 6.09 Å². The lowest BCUT2D eigenvalue weighted by Gasteiger charge is -2.30. The molecule has 1 aromatic rings. The second-order valence-corrected chi connectivity index (χ2v) is 4.55. The number of methoxy groups -OCH3 is 1. The maximum atomic E-state index is 11.6. The molecule has 0 radical (unpaired) electrons. The van der Waals surface area contributed by atoms with Crippen LogP contribution in [0.2, 0.25) is 0 Å². The number of ether oxygens (including phenoxy) is 1. The van der Waals surface area contributed by atoms with Crippen molar-refractivity contribution in [2.24, 2.45) is 0 Å². The van der Waals surface area contributed by atoms with E-state index in [0.717, 1.165) is 5.56 Å². The predicted octanol–water partition coefficient (Wildman–Crippen LogP) is 1.56. The third-order valence-electron chi connectivity index (χ3n) is 3.14. The van der Waals surface area contributed by atoms with E-state index in [4.69, 9.17) is 4.74 Å². The summed E-state index contributed by atoms with van der Waals surface area (Å²) in [6, 6.07) is 9.00. The van der Waals surface area contributed by atoms with Gasteiger partial charge in [0.05, 0.1) is 25.4 Å². The smallest absolute Gasteiger partial charge is 0.409 e. The number of nitrogens with zero attached hydrogens (tertiary/aromatic N) is 1. The summed E-state index contributed by atoms with van der Waals surface area (Å²) in [5.41, 5.74) is 0.884. The van der Waals surface area contributed by atoms with Crippen molar-refractivity contribution in [1.29, 1.82) is 0 Å². The van der Waals surface area contributed by atoms with Crippen LogP contribution in [0.4, 0.5) is 4.79 Å². The quantitative estimate of drug-likeness (QED) is 0.849. The monoisotopic (exact) mass is 267 g/mol. The molecule has 0 aliphatic heterocycles. The molecule has 1 rings (SSSR count). The maximum absolute atomic E-state index is 11.6. The Labute approximate surface area is 113 Å². The van der Waals surface area contributed by atoms with Crippen molar-refractivity contribution in [3.63, 3.8) is 0 Å². The van der Waals surface area contributed by atoms with Crippen LogP contribution in [0.3, 0.4) is 0 Å². The summed E-state index contributed by atoms with van der Waals surface area (Å²) in [6.07, 6.45) is -1.99. The molecule has 19 heavy (non-hydrogen) atoms. The fourth-order valence-corrected chi connectivity index (χ4v) is 1.89. The van der Waals surface area contributed by atoms with Crippen molar-refractivity contribution < 1.29 is 19.7 Å². The molecule has 106 valence electrons. The van der Waals surface area contributed by atoms with Gasteiger partial charge in [-0.25, -0.2) is 4.79 Å². The molecule has 0 unspecified atom stereocenters. The molecule has 5 nitrogen and oxygen atoms in total. The normalized spacial score (nSPS) is 15.4. The Kier molecular flexibility index (Phi) is 5.79. The number of rotatable bonds is 5. The number of amides is 1. The summed E-state index contributed by atoms with van der Waals surface area (Å²) < 4.78 is 4.70. The molecule has 3 atom stereocenters. The Morgan fingerprint density at radius 2 is 1.89 bits per heavy atom. The molecule has 0 spiro atoms. The van der Waals surface area contributed by atoms with Gasteiger partial charge < -0.3 is 19.8 Å². The molecule has 0 aromatic heterocycles. The molecule has 1 amide bonds. The highest BCUT2D eigenvalue weighted by Gasteiger charge is 2.26. The topological polar surface area (TPSA) is 70.0 Å². The van der Waals surface area contributed by atoms with E-state index < -0.39 is 18.3 Å². The van der Waals surface area contributed by atoms with Gasteiger partial charge in [-0.1, -0.05) is 30.3 Å². The van der Waals surface area contributed by atoms with Crippen molar-refractivity contribution in [2.75, 3.05) is 14.2 Å². The number of carbonyl (C=O) groups is 1. The lowest BCUT2D eigenvalue weighted by molar-refractivity contribution is 0.00891. The van der Waals surface area contributed by atoms with Crippen molar-refractivity contribution in [2.45, 2.75) is 31.6 Å². The van der Waals surface area contributed by atoms with E-state index in [9.17, 15) is 15.0 Å². The molecular weight excluding hydrogens is 246 g/mol. The van der Waals surface area contributed by atoms with Gasteiger partial charge in [0, 0.05) is 13.5 Å². The zero-order valence-corrected chi connectivity index (χ0v) is 11.5. The fraction of sp³-hybridized carbons (Fsp3) is 0.500. The van der Waals surface area contributed by atoms with Gasteiger partial charge in [-0.2, -0.15) is 0 Å². The van der Waals surface area contributed by atoms with Gasteiger partial charge >= 0.3 is 6.09 Å². The van der Waals surface area contributed by atoms with Crippen LogP contribution in [-0.4, -0.2) is 47.6 Å². The molecule has 1 aromatic carbocycles. The lowest BCUT2D eigenvalue weighted by Crippen LogP contribution is -2.35. The Hall–Kier alpha value is -1.59. The molecular formula is C14H21NO4. The first-order valence-corrected chi connectivity index (χ1v) is 6.19. The second kappa shape index (κ2) is 7.11. The highest BCUT2D eigenvalue weighted by molar-refractivity contribution is 5.67. The first-order valence-electron chi connectivity index (χ1n) is 6.19. The molecule has 0 bridgehead atoms. The Bertz CT molecular complexity index is 394. The van der Waals surface area contributed by atoms with Crippen LogP contribution in [0, 0.1) is 0 Å². The molecule has 0 aliphatic rings. The SMILES string of the molecule is COC(=O)N(C)[C@@H](C[C@H](O)[C@H](C)O)c1ccccc1. The van der Waals surface area contributed by atoms with Crippen molar-refractivity contribution in [3.8, 4) is 0 Å². The zero-order chi connectivity index (χ0) is 14.4. The molecule has 0 saturated heterocycles. The number of benzene rings is 1. The summed E-state index contributed by atoms with van der Waals surface area (Å²) in [6.45, 7) is 1.52. The van der Waals surface area contributed by atoms with Crippen molar-refractivity contribution in [1.82, 2.24) is 4.90 Å². The third kappa shape index (κ3) is 4.22. The van der Waals surface area contributed by atoms with Crippen LogP contribution in [0.25, 0.3) is 0 Å². The Balaban J connectivity index is 2.94. The van der Waals surface area contributed by atoms with E-state index >= 15 is 0 Å². The Morgan fingerprint density at radius 1 is 1.32 bits per heavy atom. The first kappa shape index (κ1) is 15.5. The number of aliphatic hydroxyl groups excluding tert-OH is 2. The summed E-state index contributed by atoms with van der Waals surface area (Å²) in [7, 11) is 2.92. The van der Waals surface area contributed by atoms with Crippen LogP contribution < -0.4 is 0 Å². The molecule has 0 heterocycles. The highest BCUT2D eigenvalue weighted by atomic mass is 16.5. The van der Waals surface area contributed by atoms with Crippen LogP contribution in [0.15, 0.2) is 30.3 Å². The van der Waals surface area contributed by atoms with E-state index in [0.29, 0.717) is 0 Å². The summed E-state index contributed by atoms with van der Waals surface area (Å²) >= 11 is 0. The van der Waals surface area contributed by atoms with E-state index in [1.54, 1.807) is 7.05 Å². The molecule has 0 aliphatic carbocycles. The van der Waals surface area contributed by atoms with Crippen LogP contribution >= 0.6 is 0 Å². The zero-order valence-electron chi connectivity index (χ0n) is 11.5. The van der Waals surface area contributed by atoms with E-state index in [1.165, 1.54) is 18.9 Å². The van der Waals surface area contributed by atoms with Gasteiger partial charge in [-0.3, -0.25) is 0 Å². The molecule has 2 N–H and O–H groups in total. The van der Waals surface area contributed by atoms with Gasteiger partial charge in [-0.15, -0.1) is 0 Å². The summed E-state index contributed by atoms with van der Waals surface area (Å²) in [5.74, 6) is 0. The first-order chi connectivity index (χ1) is 8.97.